The van der Waals surface area contributed by atoms with E-state index in [1.54, 1.807) is 6.92 Å². The Bertz CT molecular complexity index is 991. The molecule has 2 aromatic rings. The van der Waals surface area contributed by atoms with Gasteiger partial charge < -0.3 is 20.5 Å². The van der Waals surface area contributed by atoms with Crippen LogP contribution in [-0.2, 0) is 14.3 Å². The van der Waals surface area contributed by atoms with Gasteiger partial charge in [-0.3, -0.25) is 9.59 Å². The molecule has 0 aromatic heterocycles. The van der Waals surface area contributed by atoms with Crippen LogP contribution in [0.15, 0.2) is 48.5 Å². The van der Waals surface area contributed by atoms with Gasteiger partial charge in [-0.1, -0.05) is 61.4 Å². The third-order valence-electron chi connectivity index (χ3n) is 6.63. The first kappa shape index (κ1) is 22.8. The summed E-state index contributed by atoms with van der Waals surface area (Å²) in [5.74, 6) is -1.71. The zero-order valence-electron chi connectivity index (χ0n) is 18.8. The number of fused-ring (bicyclic) bond motifs is 3. The van der Waals surface area contributed by atoms with Crippen molar-refractivity contribution in [3.63, 3.8) is 0 Å². The van der Waals surface area contributed by atoms with Crippen LogP contribution in [0, 0.1) is 5.92 Å². The third-order valence-corrected chi connectivity index (χ3v) is 6.63. The Kier molecular flexibility index (Phi) is 6.96. The molecule has 7 nitrogen and oxygen atoms in total. The van der Waals surface area contributed by atoms with Crippen LogP contribution < -0.4 is 10.6 Å². The van der Waals surface area contributed by atoms with Crippen LogP contribution in [-0.4, -0.2) is 41.8 Å². The average molecular weight is 451 g/mol. The van der Waals surface area contributed by atoms with Crippen LogP contribution >= 0.6 is 0 Å². The van der Waals surface area contributed by atoms with E-state index in [-0.39, 0.29) is 30.9 Å². The van der Waals surface area contributed by atoms with E-state index >= 15 is 0 Å². The molecule has 1 saturated carbocycles. The summed E-state index contributed by atoms with van der Waals surface area (Å²) < 4.78 is 5.53. The minimum absolute atomic E-state index is 0.0268. The van der Waals surface area contributed by atoms with Gasteiger partial charge in [-0.05, 0) is 42.0 Å². The molecule has 0 heterocycles. The molecule has 2 aromatic carbocycles. The molecule has 2 aliphatic carbocycles. The summed E-state index contributed by atoms with van der Waals surface area (Å²) in [5, 5.41) is 14.9. The van der Waals surface area contributed by atoms with Gasteiger partial charge in [0.25, 0.3) is 0 Å². The molecule has 0 spiro atoms. The lowest BCUT2D eigenvalue weighted by Gasteiger charge is -2.29. The lowest BCUT2D eigenvalue weighted by molar-refractivity contribution is -0.144. The Hall–Kier alpha value is -3.35. The summed E-state index contributed by atoms with van der Waals surface area (Å²) >= 11 is 0. The molecule has 0 bridgehead atoms. The number of aliphatic carboxylic acids is 1. The molecule has 0 radical (unpaired) electrons. The molecule has 1 fully saturated rings. The van der Waals surface area contributed by atoms with Crippen molar-refractivity contribution >= 4 is 18.0 Å². The van der Waals surface area contributed by atoms with E-state index in [0.717, 1.165) is 35.1 Å². The van der Waals surface area contributed by atoms with Crippen molar-refractivity contribution in [1.82, 2.24) is 10.6 Å². The Labute approximate surface area is 193 Å². The van der Waals surface area contributed by atoms with Crippen LogP contribution in [0.5, 0.6) is 0 Å². The Balaban J connectivity index is 1.28. The zero-order valence-corrected chi connectivity index (χ0v) is 18.8. The number of carboxylic acids is 1. The molecule has 7 heteroatoms. The van der Waals surface area contributed by atoms with Crippen molar-refractivity contribution in [2.45, 2.75) is 57.0 Å². The molecule has 2 amide bonds. The van der Waals surface area contributed by atoms with Crippen molar-refractivity contribution in [3.8, 4) is 11.1 Å². The predicted molar refractivity (Wildman–Crippen MR) is 124 cm³/mol. The summed E-state index contributed by atoms with van der Waals surface area (Å²) in [6, 6.07) is 15.5. The predicted octanol–water partition coefficient (Wildman–Crippen LogP) is 4.06. The highest BCUT2D eigenvalue weighted by Crippen LogP contribution is 2.44. The molecule has 33 heavy (non-hydrogen) atoms. The van der Waals surface area contributed by atoms with E-state index in [0.29, 0.717) is 12.8 Å². The highest BCUT2D eigenvalue weighted by atomic mass is 16.5. The van der Waals surface area contributed by atoms with Gasteiger partial charge in [-0.2, -0.15) is 0 Å². The SMILES string of the molecule is C[C@@H](CC(=O)N[C@H]1CCCC[C@H]1C(=O)O)NC(=O)OCC1c2ccccc2-c2ccccc21. The number of nitrogens with one attached hydrogen (secondary N) is 2. The van der Waals surface area contributed by atoms with E-state index in [1.165, 1.54) is 0 Å². The number of amides is 2. The second-order valence-corrected chi connectivity index (χ2v) is 8.98. The van der Waals surface area contributed by atoms with Gasteiger partial charge in [-0.15, -0.1) is 0 Å². The first-order chi connectivity index (χ1) is 15.9. The standard InChI is InChI=1S/C26H30N2O5/c1-16(14-24(29)28-23-13-7-6-12-21(23)25(30)31)27-26(32)33-15-22-19-10-4-2-8-17(19)18-9-3-5-11-20(18)22/h2-5,8-11,16,21-23H,6-7,12-15H2,1H3,(H,27,32)(H,28,29)(H,30,31)/t16-,21+,23-/m0/s1. The molecule has 4 rings (SSSR count). The number of benzene rings is 2. The van der Waals surface area contributed by atoms with E-state index in [9.17, 15) is 19.5 Å². The lowest BCUT2D eigenvalue weighted by atomic mass is 9.84. The minimum Gasteiger partial charge on any atom is -0.481 e. The van der Waals surface area contributed by atoms with Crippen molar-refractivity contribution in [1.29, 1.82) is 0 Å². The summed E-state index contributed by atoms with van der Waals surface area (Å²) in [6.45, 7) is 1.94. The van der Waals surface area contributed by atoms with E-state index in [2.05, 4.69) is 34.9 Å². The smallest absolute Gasteiger partial charge is 0.407 e. The van der Waals surface area contributed by atoms with Gasteiger partial charge in [0.2, 0.25) is 5.91 Å². The maximum absolute atomic E-state index is 12.4. The molecule has 0 aliphatic heterocycles. The Morgan fingerprint density at radius 2 is 1.61 bits per heavy atom. The maximum Gasteiger partial charge on any atom is 0.407 e. The van der Waals surface area contributed by atoms with Gasteiger partial charge in [0.05, 0.1) is 5.92 Å². The van der Waals surface area contributed by atoms with Crippen LogP contribution in [0.25, 0.3) is 11.1 Å². The second kappa shape index (κ2) is 10.1. The molecule has 2 aliphatic rings. The number of carboxylic acid groups (broad SMARTS) is 1. The molecular formula is C26H30N2O5. The van der Waals surface area contributed by atoms with Gasteiger partial charge in [-0.25, -0.2) is 4.79 Å². The first-order valence-corrected chi connectivity index (χ1v) is 11.6. The number of hydrogen-bond acceptors (Lipinski definition) is 4. The Morgan fingerprint density at radius 1 is 1.00 bits per heavy atom. The van der Waals surface area contributed by atoms with Crippen molar-refractivity contribution < 1.29 is 24.2 Å². The molecule has 3 N–H and O–H groups in total. The summed E-state index contributed by atoms with van der Waals surface area (Å²) in [4.78, 5) is 36.2. The number of hydrogen-bond donors (Lipinski definition) is 3. The van der Waals surface area contributed by atoms with Gasteiger partial charge in [0.15, 0.2) is 0 Å². The number of ether oxygens (including phenoxy) is 1. The normalized spacial score (nSPS) is 20.3. The Morgan fingerprint density at radius 3 is 2.24 bits per heavy atom. The quantitative estimate of drug-likeness (QED) is 0.590. The van der Waals surface area contributed by atoms with Crippen LogP contribution in [0.3, 0.4) is 0 Å². The van der Waals surface area contributed by atoms with Crippen molar-refractivity contribution in [2.75, 3.05) is 6.61 Å². The number of rotatable bonds is 7. The minimum atomic E-state index is -0.871. The van der Waals surface area contributed by atoms with Crippen LogP contribution in [0.4, 0.5) is 4.79 Å². The van der Waals surface area contributed by atoms with Gasteiger partial charge in [0.1, 0.15) is 6.61 Å². The molecule has 174 valence electrons. The fourth-order valence-electron chi connectivity index (χ4n) is 5.04. The van der Waals surface area contributed by atoms with Crippen LogP contribution in [0.2, 0.25) is 0 Å². The molecule has 0 unspecified atom stereocenters. The van der Waals surface area contributed by atoms with E-state index in [4.69, 9.17) is 4.74 Å². The molecular weight excluding hydrogens is 420 g/mol. The summed E-state index contributed by atoms with van der Waals surface area (Å²) in [7, 11) is 0. The largest absolute Gasteiger partial charge is 0.481 e. The maximum atomic E-state index is 12.4. The second-order valence-electron chi connectivity index (χ2n) is 8.98. The topological polar surface area (TPSA) is 105 Å². The van der Waals surface area contributed by atoms with Gasteiger partial charge >= 0.3 is 12.1 Å². The highest BCUT2D eigenvalue weighted by Gasteiger charge is 2.32. The zero-order chi connectivity index (χ0) is 23.4. The number of carbonyl (C=O) groups is 3. The van der Waals surface area contributed by atoms with Crippen molar-refractivity contribution in [2.24, 2.45) is 5.92 Å². The molecule has 0 saturated heterocycles. The fourth-order valence-corrected chi connectivity index (χ4v) is 5.04. The average Bonchev–Trinajstić information content (AvgIpc) is 3.11. The summed E-state index contributed by atoms with van der Waals surface area (Å²) in [5.41, 5.74) is 4.60. The first-order valence-electron chi connectivity index (χ1n) is 11.6. The van der Waals surface area contributed by atoms with Crippen molar-refractivity contribution in [3.05, 3.63) is 59.7 Å². The van der Waals surface area contributed by atoms with E-state index in [1.807, 2.05) is 24.3 Å². The third kappa shape index (κ3) is 5.18. The highest BCUT2D eigenvalue weighted by molar-refractivity contribution is 5.80. The lowest BCUT2D eigenvalue weighted by Crippen LogP contribution is -2.47. The van der Waals surface area contributed by atoms with Gasteiger partial charge in [0, 0.05) is 24.4 Å². The van der Waals surface area contributed by atoms with E-state index < -0.39 is 24.0 Å². The number of carbonyl (C=O) groups excluding carboxylic acids is 2. The monoisotopic (exact) mass is 450 g/mol. The fraction of sp³-hybridized carbons (Fsp3) is 0.423. The molecule has 3 atom stereocenters. The van der Waals surface area contributed by atoms with Crippen LogP contribution in [0.1, 0.15) is 56.1 Å². The number of alkyl carbamates (subject to hydrolysis) is 1. The summed E-state index contributed by atoms with van der Waals surface area (Å²) in [6.07, 6.45) is 2.50.